The molecule has 2 fully saturated rings. The molecule has 3 nitrogen and oxygen atoms in total. The lowest BCUT2D eigenvalue weighted by Gasteiger charge is -2.25. The summed E-state index contributed by atoms with van der Waals surface area (Å²) in [6.45, 7) is 4.38. The van der Waals surface area contributed by atoms with Crippen molar-refractivity contribution >= 4 is 5.69 Å². The molecule has 20 heavy (non-hydrogen) atoms. The number of likely N-dealkylation sites (tertiary alicyclic amines) is 1. The number of nitrogens with zero attached hydrogens (tertiary/aromatic N) is 2. The van der Waals surface area contributed by atoms with Gasteiger partial charge in [-0.2, -0.15) is 0 Å². The lowest BCUT2D eigenvalue weighted by atomic mass is 10.1. The van der Waals surface area contributed by atoms with Crippen molar-refractivity contribution < 1.29 is 4.39 Å². The number of anilines is 1. The molecule has 2 unspecified atom stereocenters. The zero-order valence-corrected chi connectivity index (χ0v) is 12.2. The summed E-state index contributed by atoms with van der Waals surface area (Å²) in [4.78, 5) is 5.14. The molecular weight excluding hydrogens is 253 g/mol. The van der Waals surface area contributed by atoms with E-state index in [2.05, 4.69) is 22.2 Å². The van der Waals surface area contributed by atoms with Crippen LogP contribution >= 0.6 is 0 Å². The maximum absolute atomic E-state index is 12.8. The number of nitrogens with one attached hydrogen (secondary N) is 1. The van der Waals surface area contributed by atoms with Crippen LogP contribution in [0.5, 0.6) is 0 Å². The van der Waals surface area contributed by atoms with E-state index in [1.54, 1.807) is 12.1 Å². The molecule has 1 aromatic carbocycles. The predicted molar refractivity (Wildman–Crippen MR) is 80.5 cm³/mol. The molecule has 2 heterocycles. The molecule has 0 spiro atoms. The van der Waals surface area contributed by atoms with E-state index in [1.807, 2.05) is 0 Å². The largest absolute Gasteiger partial charge is 0.384 e. The van der Waals surface area contributed by atoms with Gasteiger partial charge in [0.25, 0.3) is 0 Å². The molecule has 0 aromatic heterocycles. The Labute approximate surface area is 120 Å². The van der Waals surface area contributed by atoms with E-state index in [-0.39, 0.29) is 5.82 Å². The SMILES string of the molecule is CN1C2CCC1CN(CCNc1ccc(F)cc1)CC2. The van der Waals surface area contributed by atoms with Crippen LogP contribution in [0.2, 0.25) is 0 Å². The molecule has 2 bridgehead atoms. The third-order valence-corrected chi connectivity index (χ3v) is 4.83. The first-order chi connectivity index (χ1) is 9.72. The molecule has 2 saturated heterocycles. The summed E-state index contributed by atoms with van der Waals surface area (Å²) in [5.41, 5.74) is 1.000. The third kappa shape index (κ3) is 3.13. The Morgan fingerprint density at radius 1 is 1.15 bits per heavy atom. The van der Waals surface area contributed by atoms with Gasteiger partial charge in [0.2, 0.25) is 0 Å². The number of benzene rings is 1. The zero-order chi connectivity index (χ0) is 13.9. The van der Waals surface area contributed by atoms with Crippen LogP contribution in [0, 0.1) is 5.82 Å². The molecule has 1 N–H and O–H groups in total. The summed E-state index contributed by atoms with van der Waals surface area (Å²) in [6.07, 6.45) is 4.02. The molecule has 2 aliphatic heterocycles. The average molecular weight is 277 g/mol. The molecule has 0 amide bonds. The van der Waals surface area contributed by atoms with Gasteiger partial charge < -0.3 is 5.32 Å². The quantitative estimate of drug-likeness (QED) is 0.912. The van der Waals surface area contributed by atoms with E-state index in [4.69, 9.17) is 0 Å². The van der Waals surface area contributed by atoms with E-state index in [9.17, 15) is 4.39 Å². The van der Waals surface area contributed by atoms with Gasteiger partial charge in [-0.15, -0.1) is 0 Å². The predicted octanol–water partition coefficient (Wildman–Crippen LogP) is 2.41. The summed E-state index contributed by atoms with van der Waals surface area (Å²) < 4.78 is 12.8. The van der Waals surface area contributed by atoms with Gasteiger partial charge in [-0.25, -0.2) is 4.39 Å². The smallest absolute Gasteiger partial charge is 0.123 e. The summed E-state index contributed by atoms with van der Waals surface area (Å²) >= 11 is 0. The number of fused-ring (bicyclic) bond motifs is 2. The van der Waals surface area contributed by atoms with Crippen molar-refractivity contribution in [2.24, 2.45) is 0 Å². The molecule has 0 saturated carbocycles. The molecule has 110 valence electrons. The van der Waals surface area contributed by atoms with Crippen molar-refractivity contribution in [1.29, 1.82) is 0 Å². The monoisotopic (exact) mass is 277 g/mol. The van der Waals surface area contributed by atoms with Gasteiger partial charge in [-0.3, -0.25) is 9.80 Å². The van der Waals surface area contributed by atoms with Gasteiger partial charge in [0.1, 0.15) is 5.82 Å². The number of hydrogen-bond acceptors (Lipinski definition) is 3. The highest BCUT2D eigenvalue weighted by molar-refractivity contribution is 5.42. The second-order valence-electron chi connectivity index (χ2n) is 6.07. The van der Waals surface area contributed by atoms with E-state index >= 15 is 0 Å². The normalized spacial score (nSPS) is 27.5. The van der Waals surface area contributed by atoms with Crippen LogP contribution in [0.1, 0.15) is 19.3 Å². The fourth-order valence-corrected chi connectivity index (χ4v) is 3.51. The van der Waals surface area contributed by atoms with Gasteiger partial charge in [0, 0.05) is 37.4 Å². The van der Waals surface area contributed by atoms with Gasteiger partial charge in [-0.1, -0.05) is 0 Å². The molecule has 1 aromatic rings. The summed E-state index contributed by atoms with van der Waals surface area (Å²) in [5.74, 6) is -0.179. The van der Waals surface area contributed by atoms with Crippen LogP contribution in [0.3, 0.4) is 0 Å². The van der Waals surface area contributed by atoms with E-state index in [0.717, 1.165) is 30.9 Å². The lowest BCUT2D eigenvalue weighted by molar-refractivity contribution is 0.223. The Morgan fingerprint density at radius 2 is 1.90 bits per heavy atom. The molecule has 2 atom stereocenters. The topological polar surface area (TPSA) is 18.5 Å². The van der Waals surface area contributed by atoms with Crippen LogP contribution in [0.25, 0.3) is 0 Å². The number of halogens is 1. The second-order valence-corrected chi connectivity index (χ2v) is 6.07. The fourth-order valence-electron chi connectivity index (χ4n) is 3.51. The highest BCUT2D eigenvalue weighted by Crippen LogP contribution is 2.28. The summed E-state index contributed by atoms with van der Waals surface area (Å²) in [6, 6.07) is 8.15. The average Bonchev–Trinajstić information content (AvgIpc) is 2.68. The third-order valence-electron chi connectivity index (χ3n) is 4.83. The Kier molecular flexibility index (Phi) is 4.22. The van der Waals surface area contributed by atoms with Gasteiger partial charge in [0.15, 0.2) is 0 Å². The summed E-state index contributed by atoms with van der Waals surface area (Å²) in [7, 11) is 2.28. The molecular formula is C16H24FN3. The van der Waals surface area contributed by atoms with Gasteiger partial charge in [-0.05, 0) is 57.1 Å². The minimum absolute atomic E-state index is 0.179. The maximum Gasteiger partial charge on any atom is 0.123 e. The van der Waals surface area contributed by atoms with Crippen molar-refractivity contribution in [2.75, 3.05) is 38.5 Å². The van der Waals surface area contributed by atoms with Crippen molar-refractivity contribution in [1.82, 2.24) is 9.80 Å². The van der Waals surface area contributed by atoms with Crippen LogP contribution < -0.4 is 5.32 Å². The first-order valence-electron chi connectivity index (χ1n) is 7.66. The van der Waals surface area contributed by atoms with E-state index < -0.39 is 0 Å². The highest BCUT2D eigenvalue weighted by atomic mass is 19.1. The minimum atomic E-state index is -0.179. The zero-order valence-electron chi connectivity index (χ0n) is 12.2. The van der Waals surface area contributed by atoms with Crippen LogP contribution in [-0.2, 0) is 0 Å². The Bertz CT molecular complexity index is 434. The lowest BCUT2D eigenvalue weighted by Crippen LogP contribution is -2.38. The van der Waals surface area contributed by atoms with Crippen molar-refractivity contribution in [3.63, 3.8) is 0 Å². The Balaban J connectivity index is 1.46. The van der Waals surface area contributed by atoms with Crippen LogP contribution in [-0.4, -0.2) is 55.1 Å². The molecule has 2 aliphatic rings. The van der Waals surface area contributed by atoms with Crippen LogP contribution in [0.4, 0.5) is 10.1 Å². The van der Waals surface area contributed by atoms with E-state index in [0.29, 0.717) is 0 Å². The number of rotatable bonds is 4. The van der Waals surface area contributed by atoms with Gasteiger partial charge in [0.05, 0.1) is 0 Å². The first kappa shape index (κ1) is 13.8. The number of likely N-dealkylation sites (N-methyl/N-ethyl adjacent to an activating group) is 1. The van der Waals surface area contributed by atoms with Gasteiger partial charge >= 0.3 is 0 Å². The van der Waals surface area contributed by atoms with Crippen molar-refractivity contribution in [3.8, 4) is 0 Å². The standard InChI is InChI=1S/C16H24FN3/c1-19-15-6-7-16(19)12-20(10-8-15)11-9-18-14-4-2-13(17)3-5-14/h2-5,15-16,18H,6-12H2,1H3. The van der Waals surface area contributed by atoms with Crippen LogP contribution in [0.15, 0.2) is 24.3 Å². The minimum Gasteiger partial charge on any atom is -0.384 e. The fraction of sp³-hybridized carbons (Fsp3) is 0.625. The molecule has 3 rings (SSSR count). The molecule has 4 heteroatoms. The Morgan fingerprint density at radius 3 is 2.70 bits per heavy atom. The van der Waals surface area contributed by atoms with Crippen molar-refractivity contribution in [3.05, 3.63) is 30.1 Å². The highest BCUT2D eigenvalue weighted by Gasteiger charge is 2.34. The number of hydrogen-bond donors (Lipinski definition) is 1. The maximum atomic E-state index is 12.8. The Hall–Kier alpha value is -1.13. The van der Waals surface area contributed by atoms with Crippen molar-refractivity contribution in [2.45, 2.75) is 31.3 Å². The molecule has 0 radical (unpaired) electrons. The second kappa shape index (κ2) is 6.10. The summed E-state index contributed by atoms with van der Waals surface area (Å²) in [5, 5.41) is 3.37. The molecule has 0 aliphatic carbocycles. The van der Waals surface area contributed by atoms with E-state index in [1.165, 1.54) is 44.5 Å². The first-order valence-corrected chi connectivity index (χ1v) is 7.66.